The van der Waals surface area contributed by atoms with Gasteiger partial charge in [-0.05, 0) is 0 Å². The zero-order valence-electron chi connectivity index (χ0n) is 10.4. The monoisotopic (exact) mass is 469 g/mol. The predicted molar refractivity (Wildman–Crippen MR) is 88.6 cm³/mol. The first-order valence-corrected chi connectivity index (χ1v) is 23.1. The van der Waals surface area contributed by atoms with E-state index < -0.39 is 29.2 Å². The van der Waals surface area contributed by atoms with Gasteiger partial charge in [0.2, 0.25) is 0 Å². The van der Waals surface area contributed by atoms with Crippen LogP contribution in [0.2, 0.25) is 0 Å². The molecule has 8 heteroatoms. The minimum absolute atomic E-state index is 0.335. The molecule has 0 saturated carbocycles. The summed E-state index contributed by atoms with van der Waals surface area (Å²) >= 11 is -3.67. The molecular formula is C8H19Cl5Ge2P. The average Bonchev–Trinajstić information content (AvgIpc) is 1.73. The van der Waals surface area contributed by atoms with Crippen molar-refractivity contribution in [3.05, 3.63) is 0 Å². The molecule has 0 saturated heterocycles. The third-order valence-corrected chi connectivity index (χ3v) is 22.8. The van der Waals surface area contributed by atoms with Gasteiger partial charge in [0.1, 0.15) is 0 Å². The SMILES string of the molecule is CC(C)(C)[PH](=[Ge]([Cl])[Cl])C(C)(C)C.[Cl][Ge]([Cl])[Cl]. The van der Waals surface area contributed by atoms with Crippen LogP contribution in [0, 0.1) is 0 Å². The Morgan fingerprint density at radius 1 is 0.688 bits per heavy atom. The molecular weight excluding hydrogens is 450 g/mol. The Morgan fingerprint density at radius 2 is 0.875 bits per heavy atom. The first kappa shape index (κ1) is 21.3. The number of hydrogen-bond acceptors (Lipinski definition) is 0. The van der Waals surface area contributed by atoms with E-state index in [2.05, 4.69) is 41.5 Å². The van der Waals surface area contributed by atoms with Crippen LogP contribution in [0.15, 0.2) is 0 Å². The zero-order chi connectivity index (χ0) is 13.7. The second kappa shape index (κ2) is 9.00. The van der Waals surface area contributed by atoms with E-state index in [0.29, 0.717) is 10.3 Å². The average molecular weight is 469 g/mol. The second-order valence-corrected chi connectivity index (χ2v) is 34.0. The molecule has 0 N–H and O–H groups in total. The summed E-state index contributed by atoms with van der Waals surface area (Å²) in [4.78, 5) is 0. The third-order valence-electron chi connectivity index (χ3n) is 1.69. The van der Waals surface area contributed by atoms with Crippen molar-refractivity contribution < 1.29 is 0 Å². The predicted octanol–water partition coefficient (Wildman–Crippen LogP) is 5.95. The van der Waals surface area contributed by atoms with Gasteiger partial charge in [-0.1, -0.05) is 0 Å². The summed E-state index contributed by atoms with van der Waals surface area (Å²) < 4.78 is 0. The number of halogens is 5. The van der Waals surface area contributed by atoms with Crippen LogP contribution in [0.3, 0.4) is 0 Å². The summed E-state index contributed by atoms with van der Waals surface area (Å²) in [6.45, 7) is 13.6. The van der Waals surface area contributed by atoms with Crippen LogP contribution in [0.4, 0.5) is 0 Å². The molecule has 0 aliphatic heterocycles. The zero-order valence-corrected chi connectivity index (χ0v) is 19.4. The summed E-state index contributed by atoms with van der Waals surface area (Å²) in [5, 5.41) is 0.670. The third kappa shape index (κ3) is 12.0. The molecule has 0 atom stereocenters. The van der Waals surface area contributed by atoms with Crippen molar-refractivity contribution in [1.82, 2.24) is 0 Å². The van der Waals surface area contributed by atoms with Crippen LogP contribution in [0.5, 0.6) is 0 Å². The van der Waals surface area contributed by atoms with Gasteiger partial charge >= 0.3 is 131 Å². The Balaban J connectivity index is 0. The van der Waals surface area contributed by atoms with Gasteiger partial charge in [-0.2, -0.15) is 0 Å². The Kier molecular flexibility index (Phi) is 12.0. The Labute approximate surface area is 130 Å². The molecule has 0 fully saturated rings. The van der Waals surface area contributed by atoms with Crippen LogP contribution >= 0.6 is 56.1 Å². The van der Waals surface area contributed by atoms with Crippen LogP contribution in [0.1, 0.15) is 41.5 Å². The van der Waals surface area contributed by atoms with E-state index in [1.54, 1.807) is 0 Å². The fourth-order valence-electron chi connectivity index (χ4n) is 1.69. The summed E-state index contributed by atoms with van der Waals surface area (Å²) in [6.07, 6.45) is -0.595. The Bertz CT molecular complexity index is 219. The molecule has 0 aliphatic rings. The van der Waals surface area contributed by atoms with Gasteiger partial charge in [-0.15, -0.1) is 0 Å². The minimum atomic E-state index is -1.92. The molecule has 99 valence electrons. The van der Waals surface area contributed by atoms with Crippen molar-refractivity contribution in [2.24, 2.45) is 0 Å². The number of hydrogen-bond donors (Lipinski definition) is 0. The molecule has 0 aliphatic carbocycles. The molecule has 0 amide bonds. The molecule has 0 aromatic rings. The molecule has 0 spiro atoms. The molecule has 0 heterocycles. The van der Waals surface area contributed by atoms with E-state index in [0.717, 1.165) is 0 Å². The van der Waals surface area contributed by atoms with Gasteiger partial charge in [-0.25, -0.2) is 0 Å². The van der Waals surface area contributed by atoms with Crippen LogP contribution in [-0.2, 0) is 0 Å². The van der Waals surface area contributed by atoms with Gasteiger partial charge in [0.15, 0.2) is 0 Å². The quantitative estimate of drug-likeness (QED) is 0.304. The van der Waals surface area contributed by atoms with E-state index in [4.69, 9.17) is 50.0 Å². The molecule has 0 nitrogen and oxygen atoms in total. The maximum atomic E-state index is 6.19. The van der Waals surface area contributed by atoms with Gasteiger partial charge in [0, 0.05) is 0 Å². The van der Waals surface area contributed by atoms with Crippen molar-refractivity contribution >= 4 is 79.3 Å². The standard InChI is InChI=1S/C8H19Cl2GeP.Cl3Ge/c1-7(2,3)12(11(9)10)8(4,5)6;1-4(2)3/h12H,1-6H3;. The Morgan fingerprint density at radius 3 is 0.875 bits per heavy atom. The van der Waals surface area contributed by atoms with E-state index in [9.17, 15) is 0 Å². The van der Waals surface area contributed by atoms with Gasteiger partial charge < -0.3 is 0 Å². The van der Waals surface area contributed by atoms with Crippen molar-refractivity contribution in [2.75, 3.05) is 0 Å². The van der Waals surface area contributed by atoms with Crippen LogP contribution in [0.25, 0.3) is 0 Å². The normalized spacial score (nSPS) is 12.6. The van der Waals surface area contributed by atoms with Crippen LogP contribution in [-0.4, -0.2) is 33.4 Å². The molecule has 16 heavy (non-hydrogen) atoms. The van der Waals surface area contributed by atoms with Gasteiger partial charge in [0.05, 0.1) is 0 Å². The van der Waals surface area contributed by atoms with Gasteiger partial charge in [-0.3, -0.25) is 0 Å². The molecule has 0 aromatic heterocycles. The molecule has 0 rings (SSSR count). The Hall–Kier alpha value is 2.97. The molecule has 0 aromatic carbocycles. The van der Waals surface area contributed by atoms with Crippen molar-refractivity contribution in [1.29, 1.82) is 0 Å². The summed E-state index contributed by atoms with van der Waals surface area (Å²) in [6, 6.07) is 0. The fraction of sp³-hybridized carbons (Fsp3) is 1.00. The maximum absolute atomic E-state index is 6.19. The summed E-state index contributed by atoms with van der Waals surface area (Å²) in [5.74, 6) is 0. The second-order valence-electron chi connectivity index (χ2n) is 5.35. The molecule has 0 bridgehead atoms. The van der Waals surface area contributed by atoms with E-state index >= 15 is 0 Å². The van der Waals surface area contributed by atoms with E-state index in [1.807, 2.05) is 0 Å². The van der Waals surface area contributed by atoms with E-state index in [1.165, 1.54) is 0 Å². The van der Waals surface area contributed by atoms with Crippen LogP contribution < -0.4 is 0 Å². The van der Waals surface area contributed by atoms with Gasteiger partial charge in [0.25, 0.3) is 0 Å². The van der Waals surface area contributed by atoms with Crippen molar-refractivity contribution in [3.8, 4) is 0 Å². The summed E-state index contributed by atoms with van der Waals surface area (Å²) in [5.41, 5.74) is 0. The first-order chi connectivity index (χ1) is 6.80. The molecule has 1 radical (unpaired) electrons. The fourth-order valence-corrected chi connectivity index (χ4v) is 29.9. The first-order valence-electron chi connectivity index (χ1n) is 4.69. The molecule has 0 unspecified atom stereocenters. The topological polar surface area (TPSA) is 0 Å². The summed E-state index contributed by atoms with van der Waals surface area (Å²) in [7, 11) is 27.3. The van der Waals surface area contributed by atoms with Crippen molar-refractivity contribution in [3.63, 3.8) is 0 Å². The number of rotatable bonds is 0. The van der Waals surface area contributed by atoms with E-state index in [-0.39, 0.29) is 0 Å². The van der Waals surface area contributed by atoms with Crippen molar-refractivity contribution in [2.45, 2.75) is 51.9 Å².